The molecule has 100 valence electrons. The molecule has 4 nitrogen and oxygen atoms in total. The van der Waals surface area contributed by atoms with E-state index in [4.69, 9.17) is 4.74 Å². The van der Waals surface area contributed by atoms with Gasteiger partial charge in [-0.15, -0.1) is 0 Å². The zero-order chi connectivity index (χ0) is 13.4. The van der Waals surface area contributed by atoms with Gasteiger partial charge in [0.25, 0.3) is 0 Å². The summed E-state index contributed by atoms with van der Waals surface area (Å²) in [5, 5.41) is 10.8. The summed E-state index contributed by atoms with van der Waals surface area (Å²) in [6, 6.07) is 0. The van der Waals surface area contributed by atoms with Crippen LogP contribution in [0.25, 0.3) is 0 Å². The van der Waals surface area contributed by atoms with Crippen molar-refractivity contribution in [3.8, 4) is 0 Å². The Hall–Kier alpha value is -0.710. The number of thioether (sulfide) groups is 1. The second kappa shape index (κ2) is 8.39. The van der Waals surface area contributed by atoms with Crippen molar-refractivity contribution < 1.29 is 19.4 Å². The number of carboxylic acid groups (broad SMARTS) is 1. The van der Waals surface area contributed by atoms with Crippen LogP contribution in [0.4, 0.5) is 0 Å². The van der Waals surface area contributed by atoms with E-state index < -0.39 is 11.9 Å². The average molecular weight is 261 g/mol. The van der Waals surface area contributed by atoms with Crippen LogP contribution in [0, 0.1) is 11.8 Å². The lowest BCUT2D eigenvalue weighted by atomic mass is 9.98. The van der Waals surface area contributed by atoms with E-state index in [9.17, 15) is 14.7 Å². The van der Waals surface area contributed by atoms with Gasteiger partial charge in [0.1, 0.15) is 0 Å². The number of carbonyl (C=O) groups is 2. The molecule has 0 spiro atoms. The molecule has 5 heteroatoms. The predicted octanol–water partition coefficient (Wildman–Crippen LogP) is 1.08. The van der Waals surface area contributed by atoms with Gasteiger partial charge >= 0.3 is 5.97 Å². The molecule has 0 N–H and O–H groups in total. The first-order valence-corrected chi connectivity index (χ1v) is 6.98. The standard InChI is InChI=1S/C12H22O4S/c1-8(2)10(12(14)15)7-17-6-5-11(13)16-9(3)4/h8-10H,5-7H2,1-4H3,(H,14,15)/p-1. The molecule has 0 fully saturated rings. The fourth-order valence-electron chi connectivity index (χ4n) is 1.22. The minimum Gasteiger partial charge on any atom is -0.550 e. The number of aliphatic carboxylic acids is 1. The molecule has 17 heavy (non-hydrogen) atoms. The van der Waals surface area contributed by atoms with Gasteiger partial charge in [-0.05, 0) is 19.8 Å². The molecule has 0 radical (unpaired) electrons. The molecule has 0 aliphatic rings. The molecule has 0 aromatic heterocycles. The van der Waals surface area contributed by atoms with Crippen LogP contribution in [-0.4, -0.2) is 29.5 Å². The van der Waals surface area contributed by atoms with Crippen molar-refractivity contribution in [2.45, 2.75) is 40.2 Å². The Kier molecular flexibility index (Phi) is 8.04. The van der Waals surface area contributed by atoms with Gasteiger partial charge in [0.15, 0.2) is 0 Å². The molecule has 1 unspecified atom stereocenters. The molecule has 0 rings (SSSR count). The highest BCUT2D eigenvalue weighted by molar-refractivity contribution is 7.99. The highest BCUT2D eigenvalue weighted by Crippen LogP contribution is 2.17. The van der Waals surface area contributed by atoms with Crippen molar-refractivity contribution in [3.63, 3.8) is 0 Å². The number of rotatable bonds is 8. The summed E-state index contributed by atoms with van der Waals surface area (Å²) in [7, 11) is 0. The van der Waals surface area contributed by atoms with Crippen molar-refractivity contribution in [1.29, 1.82) is 0 Å². The molecule has 0 bridgehead atoms. The number of carbonyl (C=O) groups excluding carboxylic acids is 2. The van der Waals surface area contributed by atoms with Gasteiger partial charge in [0.2, 0.25) is 0 Å². The van der Waals surface area contributed by atoms with Crippen LogP contribution in [0.15, 0.2) is 0 Å². The van der Waals surface area contributed by atoms with Crippen LogP contribution < -0.4 is 5.11 Å². The van der Waals surface area contributed by atoms with Gasteiger partial charge in [-0.25, -0.2) is 0 Å². The summed E-state index contributed by atoms with van der Waals surface area (Å²) in [6.45, 7) is 7.31. The third kappa shape index (κ3) is 8.07. The summed E-state index contributed by atoms with van der Waals surface area (Å²) in [6.07, 6.45) is 0.222. The number of esters is 1. The lowest BCUT2D eigenvalue weighted by Crippen LogP contribution is -2.36. The number of carboxylic acids is 1. The normalized spacial score (nSPS) is 12.8. The second-order valence-electron chi connectivity index (χ2n) is 4.53. The molecule has 0 amide bonds. The van der Waals surface area contributed by atoms with Gasteiger partial charge in [0, 0.05) is 23.4 Å². The Bertz CT molecular complexity index is 251. The van der Waals surface area contributed by atoms with Gasteiger partial charge in [0.05, 0.1) is 12.5 Å². The second-order valence-corrected chi connectivity index (χ2v) is 5.68. The summed E-state index contributed by atoms with van der Waals surface area (Å²) in [5.74, 6) is -0.590. The van der Waals surface area contributed by atoms with Crippen molar-refractivity contribution in [3.05, 3.63) is 0 Å². The topological polar surface area (TPSA) is 66.4 Å². The largest absolute Gasteiger partial charge is 0.550 e. The van der Waals surface area contributed by atoms with Crippen LogP contribution in [0.5, 0.6) is 0 Å². The summed E-state index contributed by atoms with van der Waals surface area (Å²) < 4.78 is 4.97. The zero-order valence-electron chi connectivity index (χ0n) is 10.9. The molecule has 0 aliphatic carbocycles. The van der Waals surface area contributed by atoms with Gasteiger partial charge in [-0.3, -0.25) is 4.79 Å². The van der Waals surface area contributed by atoms with Crippen LogP contribution in [0.1, 0.15) is 34.1 Å². The lowest BCUT2D eigenvalue weighted by Gasteiger charge is -2.21. The first-order chi connectivity index (χ1) is 7.84. The first kappa shape index (κ1) is 16.3. The third-order valence-electron chi connectivity index (χ3n) is 2.22. The Labute approximate surface area is 107 Å². The van der Waals surface area contributed by atoms with Crippen molar-refractivity contribution in [1.82, 2.24) is 0 Å². The maximum Gasteiger partial charge on any atom is 0.306 e. The Morgan fingerprint density at radius 1 is 1.24 bits per heavy atom. The maximum absolute atomic E-state index is 11.2. The molecule has 0 aromatic carbocycles. The monoisotopic (exact) mass is 261 g/mol. The smallest absolute Gasteiger partial charge is 0.306 e. The van der Waals surface area contributed by atoms with E-state index >= 15 is 0 Å². The minimum atomic E-state index is -1.02. The molecular formula is C12H21O4S-. The fraction of sp³-hybridized carbons (Fsp3) is 0.833. The molecular weight excluding hydrogens is 240 g/mol. The maximum atomic E-state index is 11.2. The molecule has 0 heterocycles. The van der Waals surface area contributed by atoms with E-state index in [1.54, 1.807) is 13.8 Å². The lowest BCUT2D eigenvalue weighted by molar-refractivity contribution is -0.312. The Morgan fingerprint density at radius 2 is 1.82 bits per heavy atom. The number of hydrogen-bond donors (Lipinski definition) is 0. The van der Waals surface area contributed by atoms with Gasteiger partial charge in [-0.1, -0.05) is 13.8 Å². The minimum absolute atomic E-state index is 0.0510. The van der Waals surface area contributed by atoms with Crippen LogP contribution in [0.2, 0.25) is 0 Å². The van der Waals surface area contributed by atoms with Crippen molar-refractivity contribution in [2.75, 3.05) is 11.5 Å². The van der Waals surface area contributed by atoms with E-state index in [0.717, 1.165) is 0 Å². The van der Waals surface area contributed by atoms with Crippen LogP contribution in [-0.2, 0) is 14.3 Å². The van der Waals surface area contributed by atoms with Gasteiger partial charge in [-0.2, -0.15) is 11.8 Å². The number of hydrogen-bond acceptors (Lipinski definition) is 5. The molecule has 0 saturated heterocycles. The summed E-state index contributed by atoms with van der Waals surface area (Å²) in [4.78, 5) is 22.0. The fourth-order valence-corrected chi connectivity index (χ4v) is 2.47. The van der Waals surface area contributed by atoms with Crippen LogP contribution in [0.3, 0.4) is 0 Å². The van der Waals surface area contributed by atoms with Crippen molar-refractivity contribution >= 4 is 23.7 Å². The summed E-state index contributed by atoms with van der Waals surface area (Å²) >= 11 is 1.45. The molecule has 0 aromatic rings. The summed E-state index contributed by atoms with van der Waals surface area (Å²) in [5.41, 5.74) is 0. The zero-order valence-corrected chi connectivity index (χ0v) is 11.7. The Morgan fingerprint density at radius 3 is 2.24 bits per heavy atom. The molecule has 0 aliphatic heterocycles. The van der Waals surface area contributed by atoms with E-state index in [1.165, 1.54) is 11.8 Å². The van der Waals surface area contributed by atoms with E-state index in [-0.39, 0.29) is 18.0 Å². The van der Waals surface area contributed by atoms with Gasteiger partial charge < -0.3 is 14.6 Å². The highest BCUT2D eigenvalue weighted by Gasteiger charge is 2.15. The predicted molar refractivity (Wildman–Crippen MR) is 66.5 cm³/mol. The Balaban J connectivity index is 3.76. The van der Waals surface area contributed by atoms with E-state index in [0.29, 0.717) is 17.9 Å². The first-order valence-electron chi connectivity index (χ1n) is 5.82. The van der Waals surface area contributed by atoms with Crippen LogP contribution >= 0.6 is 11.8 Å². The third-order valence-corrected chi connectivity index (χ3v) is 3.31. The van der Waals surface area contributed by atoms with E-state index in [1.807, 2.05) is 13.8 Å². The average Bonchev–Trinajstić information content (AvgIpc) is 2.14. The molecule has 0 saturated carbocycles. The van der Waals surface area contributed by atoms with E-state index in [2.05, 4.69) is 0 Å². The SMILES string of the molecule is CC(C)OC(=O)CCSCC(C(=O)[O-])C(C)C. The highest BCUT2D eigenvalue weighted by atomic mass is 32.2. The number of ether oxygens (including phenoxy) is 1. The molecule has 1 atom stereocenters. The quantitative estimate of drug-likeness (QED) is 0.483. The van der Waals surface area contributed by atoms with Crippen molar-refractivity contribution in [2.24, 2.45) is 11.8 Å².